The summed E-state index contributed by atoms with van der Waals surface area (Å²) in [5.74, 6) is 2.24. The average Bonchev–Trinajstić information content (AvgIpc) is 2.01. The smallest absolute Gasteiger partial charge is 0.00114 e. The topological polar surface area (TPSA) is 23.9 Å². The van der Waals surface area contributed by atoms with Crippen LogP contribution in [0.15, 0.2) is 0 Å². The second-order valence-corrected chi connectivity index (χ2v) is 6.00. The molecule has 0 saturated heterocycles. The molecule has 0 amide bonds. The molecule has 1 heteroatoms. The standard InChI is InChI=1S/C13H27N/c1-9(2)12(8-14)10(3)11(4)13(5,6)7/h8-12,14H,1-7H3. The van der Waals surface area contributed by atoms with Crippen LogP contribution in [0, 0.1) is 34.5 Å². The first-order valence-corrected chi connectivity index (χ1v) is 5.72. The van der Waals surface area contributed by atoms with E-state index < -0.39 is 0 Å². The monoisotopic (exact) mass is 197 g/mol. The van der Waals surface area contributed by atoms with Crippen molar-refractivity contribution in [3.05, 3.63) is 0 Å². The zero-order chi connectivity index (χ0) is 11.5. The molecule has 0 heterocycles. The van der Waals surface area contributed by atoms with Gasteiger partial charge in [-0.25, -0.2) is 0 Å². The van der Waals surface area contributed by atoms with E-state index >= 15 is 0 Å². The lowest BCUT2D eigenvalue weighted by Gasteiger charge is -2.37. The molecule has 0 saturated carbocycles. The number of hydrogen-bond donors (Lipinski definition) is 1. The Labute approximate surface area is 89.8 Å². The third-order valence-electron chi connectivity index (χ3n) is 3.72. The highest BCUT2D eigenvalue weighted by atomic mass is 14.4. The molecule has 0 bridgehead atoms. The first-order chi connectivity index (χ1) is 6.21. The Bertz CT molecular complexity index is 176. The molecule has 0 rings (SSSR count). The van der Waals surface area contributed by atoms with Gasteiger partial charge in [0, 0.05) is 0 Å². The maximum Gasteiger partial charge on any atom is -0.00114 e. The van der Waals surface area contributed by atoms with E-state index in [0.717, 1.165) is 0 Å². The van der Waals surface area contributed by atoms with Crippen molar-refractivity contribution >= 4 is 6.21 Å². The summed E-state index contributed by atoms with van der Waals surface area (Å²) in [6, 6.07) is 0. The molecule has 3 unspecified atom stereocenters. The SMILES string of the molecule is CC(C)C(C=N)C(C)C(C)C(C)(C)C. The first-order valence-electron chi connectivity index (χ1n) is 5.72. The van der Waals surface area contributed by atoms with Gasteiger partial charge in [0.15, 0.2) is 0 Å². The molecule has 84 valence electrons. The van der Waals surface area contributed by atoms with Crippen molar-refractivity contribution in [2.75, 3.05) is 0 Å². The molecular weight excluding hydrogens is 170 g/mol. The summed E-state index contributed by atoms with van der Waals surface area (Å²) in [4.78, 5) is 0. The zero-order valence-corrected chi connectivity index (χ0v) is 10.9. The predicted molar refractivity (Wildman–Crippen MR) is 64.9 cm³/mol. The molecular formula is C13H27N. The summed E-state index contributed by atoms with van der Waals surface area (Å²) in [5.41, 5.74) is 0.343. The van der Waals surface area contributed by atoms with E-state index in [-0.39, 0.29) is 0 Å². The Morgan fingerprint density at radius 1 is 1.00 bits per heavy atom. The lowest BCUT2D eigenvalue weighted by molar-refractivity contribution is 0.146. The van der Waals surface area contributed by atoms with Crippen LogP contribution in [0.3, 0.4) is 0 Å². The van der Waals surface area contributed by atoms with E-state index in [2.05, 4.69) is 48.5 Å². The van der Waals surface area contributed by atoms with Crippen molar-refractivity contribution in [1.82, 2.24) is 0 Å². The number of rotatable bonds is 4. The normalized spacial score (nSPS) is 19.1. The molecule has 0 aromatic rings. The predicted octanol–water partition coefficient (Wildman–Crippen LogP) is 4.23. The Morgan fingerprint density at radius 3 is 1.64 bits per heavy atom. The van der Waals surface area contributed by atoms with E-state index in [1.165, 1.54) is 0 Å². The molecule has 3 atom stereocenters. The molecule has 14 heavy (non-hydrogen) atoms. The van der Waals surface area contributed by atoms with Crippen molar-refractivity contribution in [2.45, 2.75) is 48.5 Å². The highest BCUT2D eigenvalue weighted by Crippen LogP contribution is 2.36. The Hall–Kier alpha value is -0.330. The van der Waals surface area contributed by atoms with Crippen LogP contribution in [0.2, 0.25) is 0 Å². The lowest BCUT2D eigenvalue weighted by Crippen LogP contribution is -2.31. The molecule has 0 aromatic heterocycles. The minimum absolute atomic E-state index is 0.343. The summed E-state index contributed by atoms with van der Waals surface area (Å²) in [6.45, 7) is 15.9. The molecule has 0 radical (unpaired) electrons. The fraction of sp³-hybridized carbons (Fsp3) is 0.923. The van der Waals surface area contributed by atoms with E-state index in [1.54, 1.807) is 6.21 Å². The van der Waals surface area contributed by atoms with Gasteiger partial charge in [0.05, 0.1) is 0 Å². The summed E-state index contributed by atoms with van der Waals surface area (Å²) < 4.78 is 0. The lowest BCUT2D eigenvalue weighted by atomic mass is 9.68. The van der Waals surface area contributed by atoms with Gasteiger partial charge in [0.2, 0.25) is 0 Å². The molecule has 0 spiro atoms. The molecule has 0 aliphatic carbocycles. The van der Waals surface area contributed by atoms with Crippen molar-refractivity contribution in [2.24, 2.45) is 29.1 Å². The first kappa shape index (κ1) is 13.7. The van der Waals surface area contributed by atoms with Crippen LogP contribution in [0.1, 0.15) is 48.5 Å². The van der Waals surface area contributed by atoms with Crippen LogP contribution in [-0.2, 0) is 0 Å². The van der Waals surface area contributed by atoms with E-state index in [0.29, 0.717) is 29.1 Å². The van der Waals surface area contributed by atoms with Gasteiger partial charge in [-0.1, -0.05) is 48.5 Å². The highest BCUT2D eigenvalue weighted by molar-refractivity contribution is 5.57. The van der Waals surface area contributed by atoms with Crippen molar-refractivity contribution in [1.29, 1.82) is 5.41 Å². The van der Waals surface area contributed by atoms with E-state index in [4.69, 9.17) is 5.41 Å². The van der Waals surface area contributed by atoms with Crippen LogP contribution in [0.5, 0.6) is 0 Å². The van der Waals surface area contributed by atoms with Crippen LogP contribution >= 0.6 is 0 Å². The van der Waals surface area contributed by atoms with E-state index in [1.807, 2.05) is 0 Å². The summed E-state index contributed by atoms with van der Waals surface area (Å²) >= 11 is 0. The quantitative estimate of drug-likeness (QED) is 0.652. The number of hydrogen-bond acceptors (Lipinski definition) is 1. The Morgan fingerprint density at radius 2 is 1.43 bits per heavy atom. The van der Waals surface area contributed by atoms with Crippen molar-refractivity contribution in [3.8, 4) is 0 Å². The molecule has 0 aliphatic heterocycles. The average molecular weight is 197 g/mol. The minimum Gasteiger partial charge on any atom is -0.313 e. The maximum atomic E-state index is 7.49. The van der Waals surface area contributed by atoms with Crippen molar-refractivity contribution < 1.29 is 0 Å². The number of nitrogens with one attached hydrogen (secondary N) is 1. The molecule has 0 fully saturated rings. The van der Waals surface area contributed by atoms with Gasteiger partial charge in [-0.3, -0.25) is 0 Å². The van der Waals surface area contributed by atoms with Gasteiger partial charge >= 0.3 is 0 Å². The Kier molecular flexibility index (Phi) is 4.83. The van der Waals surface area contributed by atoms with Crippen LogP contribution in [-0.4, -0.2) is 6.21 Å². The molecule has 1 N–H and O–H groups in total. The van der Waals surface area contributed by atoms with Crippen LogP contribution in [0.4, 0.5) is 0 Å². The second kappa shape index (κ2) is 4.95. The van der Waals surface area contributed by atoms with Gasteiger partial charge < -0.3 is 5.41 Å². The fourth-order valence-electron chi connectivity index (χ4n) is 2.07. The molecule has 1 nitrogen and oxygen atoms in total. The fourth-order valence-corrected chi connectivity index (χ4v) is 2.07. The highest BCUT2D eigenvalue weighted by Gasteiger charge is 2.30. The van der Waals surface area contributed by atoms with Gasteiger partial charge in [-0.2, -0.15) is 0 Å². The van der Waals surface area contributed by atoms with Crippen LogP contribution in [0.25, 0.3) is 0 Å². The summed E-state index contributed by atoms with van der Waals surface area (Å²) in [7, 11) is 0. The minimum atomic E-state index is 0.343. The summed E-state index contributed by atoms with van der Waals surface area (Å²) in [6.07, 6.45) is 1.64. The van der Waals surface area contributed by atoms with E-state index in [9.17, 15) is 0 Å². The van der Waals surface area contributed by atoms with Crippen LogP contribution < -0.4 is 0 Å². The van der Waals surface area contributed by atoms with Crippen molar-refractivity contribution in [3.63, 3.8) is 0 Å². The zero-order valence-electron chi connectivity index (χ0n) is 10.9. The molecule has 0 aromatic carbocycles. The van der Waals surface area contributed by atoms with Gasteiger partial charge in [-0.15, -0.1) is 0 Å². The molecule has 0 aliphatic rings. The summed E-state index contributed by atoms with van der Waals surface area (Å²) in [5, 5.41) is 7.49. The largest absolute Gasteiger partial charge is 0.313 e. The maximum absolute atomic E-state index is 7.49. The van der Waals surface area contributed by atoms with Gasteiger partial charge in [0.25, 0.3) is 0 Å². The van der Waals surface area contributed by atoms with Gasteiger partial charge in [-0.05, 0) is 35.3 Å². The third kappa shape index (κ3) is 3.43. The third-order valence-corrected chi connectivity index (χ3v) is 3.72. The Balaban J connectivity index is 4.58. The second-order valence-electron chi connectivity index (χ2n) is 6.00. The van der Waals surface area contributed by atoms with Gasteiger partial charge in [0.1, 0.15) is 0 Å².